The number of rotatable bonds is 16. The Hall–Kier alpha value is -2.66. The number of hydrogen-bond acceptors (Lipinski definition) is 14. The first-order valence-corrected chi connectivity index (χ1v) is 17.1. The summed E-state index contributed by atoms with van der Waals surface area (Å²) in [5.41, 5.74) is -1.36. The molecule has 1 aliphatic rings. The van der Waals surface area contributed by atoms with Crippen molar-refractivity contribution in [3.63, 3.8) is 0 Å². The number of fused-ring (bicyclic) bond motifs is 1. The van der Waals surface area contributed by atoms with Gasteiger partial charge >= 0.3 is 19.9 Å². The van der Waals surface area contributed by atoms with Crippen LogP contribution in [0.5, 0.6) is 0 Å². The Balaban J connectivity index is 1.91. The summed E-state index contributed by atoms with van der Waals surface area (Å²) in [5.74, 6) is -0.458. The van der Waals surface area contributed by atoms with E-state index in [0.29, 0.717) is 17.2 Å². The van der Waals surface area contributed by atoms with Crippen molar-refractivity contribution in [1.82, 2.24) is 24.6 Å². The van der Waals surface area contributed by atoms with Crippen LogP contribution < -0.4 is 9.99 Å². The predicted octanol–water partition coefficient (Wildman–Crippen LogP) is 4.02. The number of nitrogens with zero attached hydrogens (tertiary/aromatic N) is 5. The van der Waals surface area contributed by atoms with Crippen molar-refractivity contribution in [3.8, 4) is 0 Å². The summed E-state index contributed by atoms with van der Waals surface area (Å²) in [6.07, 6.45) is -6.07. The average molecular weight is 711 g/mol. The normalized spacial score (nSPS) is 23.3. The molecule has 19 heteroatoms. The van der Waals surface area contributed by atoms with Gasteiger partial charge in [-0.3, -0.25) is 18.4 Å². The molecule has 0 bridgehead atoms. The van der Waals surface area contributed by atoms with E-state index in [0.717, 1.165) is 0 Å². The maximum absolute atomic E-state index is 15.9. The van der Waals surface area contributed by atoms with E-state index in [1.54, 1.807) is 53.6 Å². The largest absolute Gasteiger partial charge is 0.510 e. The molecule has 1 saturated heterocycles. The molecule has 2 aromatic rings. The quantitative estimate of drug-likeness (QED) is 0.110. The lowest BCUT2D eigenvalue weighted by Gasteiger charge is -2.32. The first-order chi connectivity index (χ1) is 21.9. The molecule has 6 atom stereocenters. The highest BCUT2D eigenvalue weighted by atomic mass is 35.5. The molecular weight excluding hydrogens is 666 g/mol. The fourth-order valence-electron chi connectivity index (χ4n) is 4.66. The minimum absolute atomic E-state index is 0.0781. The molecule has 1 aliphatic heterocycles. The summed E-state index contributed by atoms with van der Waals surface area (Å²) in [6, 6.07) is -1.19. The van der Waals surface area contributed by atoms with Gasteiger partial charge in [-0.1, -0.05) is 13.8 Å². The SMILES string of the molecule is Cc1nc(N(C)C)c2ncn([C@@H]3O[C@](CCl)(COP(=O)(N[C@@H](CC(C)C)C(=O)OC(C)C)OCOC(=O)OC(C)C)[C@@H](O)[C@@H]3F)c2n1. The summed E-state index contributed by atoms with van der Waals surface area (Å²) in [6.45, 7) is 10.1. The van der Waals surface area contributed by atoms with E-state index in [4.69, 9.17) is 39.6 Å². The second-order valence-corrected chi connectivity index (χ2v) is 14.3. The van der Waals surface area contributed by atoms with E-state index in [9.17, 15) is 19.3 Å². The first-order valence-electron chi connectivity index (χ1n) is 15.1. The molecule has 0 saturated carbocycles. The number of aliphatic hydroxyl groups is 1. The van der Waals surface area contributed by atoms with Crippen LogP contribution in [-0.4, -0.2) is 106 Å². The summed E-state index contributed by atoms with van der Waals surface area (Å²) in [7, 11) is -1.08. The highest BCUT2D eigenvalue weighted by Crippen LogP contribution is 2.49. The third-order valence-electron chi connectivity index (χ3n) is 6.77. The number of imidazole rings is 1. The highest BCUT2D eigenvalue weighted by molar-refractivity contribution is 7.51. The van der Waals surface area contributed by atoms with Gasteiger partial charge in [-0.25, -0.2) is 33.8 Å². The predicted molar refractivity (Wildman–Crippen MR) is 169 cm³/mol. The number of aromatic nitrogens is 4. The van der Waals surface area contributed by atoms with Crippen LogP contribution in [-0.2, 0) is 37.4 Å². The fourth-order valence-corrected chi connectivity index (χ4v) is 6.35. The minimum Gasteiger partial charge on any atom is -0.462 e. The molecule has 266 valence electrons. The standard InChI is InChI=1S/C28H45ClFN6O10P/c1-15(2)10-19(26(38)44-16(3)4)34-47(40,43-14-41-27(39)45-17(5)6)42-12-28(11-29)22(37)20(30)25(46-28)36-13-31-21-23(35(8)9)32-18(7)33-24(21)36/h13,15-17,19-20,22,25,37H,10-12,14H2,1-9H3,(H,34,40)/t19-,20-,22-,25+,28+,47?/m0/s1. The van der Waals surface area contributed by atoms with Crippen molar-refractivity contribution < 1.29 is 51.6 Å². The lowest BCUT2D eigenvalue weighted by Crippen LogP contribution is -2.48. The number of aryl methyl sites for hydroxylation is 1. The van der Waals surface area contributed by atoms with Crippen molar-refractivity contribution in [2.75, 3.05) is 38.3 Å². The molecule has 2 N–H and O–H groups in total. The summed E-state index contributed by atoms with van der Waals surface area (Å²) in [4.78, 5) is 39.7. The van der Waals surface area contributed by atoms with Gasteiger partial charge < -0.3 is 29.0 Å². The fraction of sp³-hybridized carbons (Fsp3) is 0.750. The van der Waals surface area contributed by atoms with E-state index in [1.807, 2.05) is 13.8 Å². The molecule has 3 heterocycles. The zero-order chi connectivity index (χ0) is 35.3. The van der Waals surface area contributed by atoms with E-state index < -0.39 is 81.5 Å². The van der Waals surface area contributed by atoms with Crippen molar-refractivity contribution in [2.24, 2.45) is 5.92 Å². The second-order valence-electron chi connectivity index (χ2n) is 12.3. The Kier molecular flexibility index (Phi) is 13.3. The zero-order valence-corrected chi connectivity index (χ0v) is 29.7. The smallest absolute Gasteiger partial charge is 0.462 e. The third-order valence-corrected chi connectivity index (χ3v) is 8.77. The number of carbonyl (C=O) groups excluding carboxylic acids is 2. The molecule has 16 nitrogen and oxygen atoms in total. The Labute approximate surface area is 278 Å². The average Bonchev–Trinajstić information content (AvgIpc) is 3.48. The van der Waals surface area contributed by atoms with E-state index in [1.165, 1.54) is 10.9 Å². The van der Waals surface area contributed by atoms with Gasteiger partial charge in [-0.2, -0.15) is 0 Å². The van der Waals surface area contributed by atoms with Crippen molar-refractivity contribution in [2.45, 2.75) is 97.2 Å². The van der Waals surface area contributed by atoms with Gasteiger partial charge in [-0.05, 0) is 47.0 Å². The van der Waals surface area contributed by atoms with Crippen LogP contribution in [0.3, 0.4) is 0 Å². The number of halogens is 2. The van der Waals surface area contributed by atoms with Gasteiger partial charge in [0.15, 0.2) is 29.4 Å². The molecule has 0 spiro atoms. The Morgan fingerprint density at radius 1 is 1.17 bits per heavy atom. The second kappa shape index (κ2) is 16.2. The number of carbonyl (C=O) groups is 2. The number of ether oxygens (including phenoxy) is 4. The Morgan fingerprint density at radius 2 is 1.83 bits per heavy atom. The van der Waals surface area contributed by atoms with Crippen molar-refractivity contribution in [1.29, 1.82) is 0 Å². The summed E-state index contributed by atoms with van der Waals surface area (Å²) >= 11 is 6.27. The molecule has 0 amide bonds. The molecule has 0 aromatic carbocycles. The van der Waals surface area contributed by atoms with Crippen LogP contribution in [0.2, 0.25) is 0 Å². The molecule has 47 heavy (non-hydrogen) atoms. The molecule has 1 unspecified atom stereocenters. The molecule has 0 aliphatic carbocycles. The number of anilines is 1. The van der Waals surface area contributed by atoms with Gasteiger partial charge in [-0.15, -0.1) is 11.6 Å². The van der Waals surface area contributed by atoms with Gasteiger partial charge in [0.25, 0.3) is 0 Å². The maximum Gasteiger partial charge on any atom is 0.510 e. The van der Waals surface area contributed by atoms with E-state index >= 15 is 4.39 Å². The van der Waals surface area contributed by atoms with Gasteiger partial charge in [0.1, 0.15) is 23.6 Å². The van der Waals surface area contributed by atoms with Crippen molar-refractivity contribution >= 4 is 48.5 Å². The van der Waals surface area contributed by atoms with Gasteiger partial charge in [0, 0.05) is 14.1 Å². The molecule has 3 rings (SSSR count). The van der Waals surface area contributed by atoms with Gasteiger partial charge in [0.2, 0.25) is 6.79 Å². The molecular formula is C28H45ClFN6O10P. The van der Waals surface area contributed by atoms with E-state index in [-0.39, 0.29) is 18.0 Å². The molecule has 1 fully saturated rings. The third kappa shape index (κ3) is 9.71. The summed E-state index contributed by atoms with van der Waals surface area (Å²) in [5, 5.41) is 13.7. The minimum atomic E-state index is -4.62. The van der Waals surface area contributed by atoms with Gasteiger partial charge in [0.05, 0.1) is 31.0 Å². The lowest BCUT2D eigenvalue weighted by molar-refractivity contribution is -0.150. The monoisotopic (exact) mass is 710 g/mol. The number of hydrogen-bond donors (Lipinski definition) is 2. The van der Waals surface area contributed by atoms with Crippen LogP contribution in [0.15, 0.2) is 6.33 Å². The van der Waals surface area contributed by atoms with Crippen LogP contribution in [0.1, 0.15) is 60.0 Å². The summed E-state index contributed by atoms with van der Waals surface area (Å²) < 4.78 is 63.4. The van der Waals surface area contributed by atoms with Crippen LogP contribution >= 0.6 is 19.3 Å². The van der Waals surface area contributed by atoms with Crippen LogP contribution in [0, 0.1) is 12.8 Å². The Bertz CT molecular complexity index is 1430. The number of alkyl halides is 2. The Morgan fingerprint density at radius 3 is 2.40 bits per heavy atom. The van der Waals surface area contributed by atoms with E-state index in [2.05, 4.69) is 20.0 Å². The topological polar surface area (TPSA) is 186 Å². The van der Waals surface area contributed by atoms with Crippen LogP contribution in [0.25, 0.3) is 11.2 Å². The van der Waals surface area contributed by atoms with Crippen molar-refractivity contribution in [3.05, 3.63) is 12.2 Å². The zero-order valence-electron chi connectivity index (χ0n) is 28.0. The lowest BCUT2D eigenvalue weighted by atomic mass is 9.99. The number of nitrogens with one attached hydrogen (secondary N) is 1. The highest BCUT2D eigenvalue weighted by Gasteiger charge is 2.57. The van der Waals surface area contributed by atoms with Crippen LogP contribution in [0.4, 0.5) is 15.0 Å². The number of aliphatic hydroxyl groups excluding tert-OH is 1. The maximum atomic E-state index is 15.9. The molecule has 2 aromatic heterocycles. The number of esters is 1. The first kappa shape index (κ1) is 38.8. The molecule has 0 radical (unpaired) electrons.